The Morgan fingerprint density at radius 2 is 1.70 bits per heavy atom. The topological polar surface area (TPSA) is 83.9 Å². The number of carbonyl (C=O) groups excluding carboxylic acids is 1. The van der Waals surface area contributed by atoms with E-state index in [0.717, 1.165) is 62.5 Å². The van der Waals surface area contributed by atoms with Crippen molar-refractivity contribution in [2.75, 3.05) is 19.4 Å². The zero-order valence-corrected chi connectivity index (χ0v) is 19.6. The second kappa shape index (κ2) is 14.5. The number of aliphatic hydroxyl groups excluding tert-OH is 1. The summed E-state index contributed by atoms with van der Waals surface area (Å²) in [5, 5.41) is 10.3. The van der Waals surface area contributed by atoms with Crippen molar-refractivity contribution in [2.45, 2.75) is 84.3 Å². The minimum Gasteiger partial charge on any atom is -0.466 e. The minimum absolute atomic E-state index is 0.172. The first-order valence-electron chi connectivity index (χ1n) is 11.2. The van der Waals surface area contributed by atoms with Crippen molar-refractivity contribution in [1.29, 1.82) is 0 Å². The summed E-state index contributed by atoms with van der Waals surface area (Å²) in [6, 6.07) is 7.58. The highest BCUT2D eigenvalue weighted by Crippen LogP contribution is 2.21. The lowest BCUT2D eigenvalue weighted by atomic mass is 10.0. The van der Waals surface area contributed by atoms with Crippen LogP contribution in [0.1, 0.15) is 88.9 Å². The molecule has 1 N–H and O–H groups in total. The molecular weight excluding hydrogens is 402 g/mol. The number of sulfonamides is 1. The number of benzene rings is 1. The van der Waals surface area contributed by atoms with Crippen molar-refractivity contribution >= 4 is 16.0 Å². The molecular formula is C23H39NO5S. The first-order valence-corrected chi connectivity index (χ1v) is 13.0. The molecule has 0 saturated carbocycles. The maximum absolute atomic E-state index is 12.2. The van der Waals surface area contributed by atoms with Crippen LogP contribution >= 0.6 is 0 Å². The van der Waals surface area contributed by atoms with Gasteiger partial charge >= 0.3 is 5.97 Å². The Morgan fingerprint density at radius 3 is 2.30 bits per heavy atom. The van der Waals surface area contributed by atoms with E-state index >= 15 is 0 Å². The van der Waals surface area contributed by atoms with Gasteiger partial charge in [0.15, 0.2) is 0 Å². The molecule has 0 radical (unpaired) electrons. The first-order chi connectivity index (χ1) is 14.3. The molecule has 0 aliphatic carbocycles. The van der Waals surface area contributed by atoms with Crippen LogP contribution in [0.15, 0.2) is 24.3 Å². The molecule has 0 bridgehead atoms. The lowest BCUT2D eigenvalue weighted by Crippen LogP contribution is -2.30. The van der Waals surface area contributed by atoms with Crippen LogP contribution in [0.4, 0.5) is 0 Å². The maximum Gasteiger partial charge on any atom is 0.305 e. The zero-order chi connectivity index (χ0) is 22.4. The van der Waals surface area contributed by atoms with Gasteiger partial charge in [-0.15, -0.1) is 0 Å². The monoisotopic (exact) mass is 441 g/mol. The SMILES string of the molecule is CCCCCC(O)c1ccc(CN(CCCCCCC(=O)OCC)S(C)(=O)=O)cc1. The lowest BCUT2D eigenvalue weighted by Gasteiger charge is -2.20. The smallest absolute Gasteiger partial charge is 0.305 e. The Bertz CT molecular complexity index is 703. The Hall–Kier alpha value is -1.44. The van der Waals surface area contributed by atoms with Crippen LogP contribution in [-0.4, -0.2) is 43.2 Å². The van der Waals surface area contributed by atoms with E-state index in [1.54, 1.807) is 6.92 Å². The number of rotatable bonds is 16. The molecule has 172 valence electrons. The first kappa shape index (κ1) is 26.6. The molecule has 0 aliphatic heterocycles. The van der Waals surface area contributed by atoms with E-state index < -0.39 is 16.1 Å². The summed E-state index contributed by atoms with van der Waals surface area (Å²) in [4.78, 5) is 11.3. The van der Waals surface area contributed by atoms with E-state index in [4.69, 9.17) is 4.74 Å². The maximum atomic E-state index is 12.2. The van der Waals surface area contributed by atoms with Gasteiger partial charge in [-0.3, -0.25) is 4.79 Å². The van der Waals surface area contributed by atoms with Crippen molar-refractivity contribution < 1.29 is 23.1 Å². The summed E-state index contributed by atoms with van der Waals surface area (Å²) in [5.74, 6) is -0.172. The summed E-state index contributed by atoms with van der Waals surface area (Å²) in [7, 11) is -3.31. The van der Waals surface area contributed by atoms with Gasteiger partial charge in [-0.05, 0) is 37.3 Å². The van der Waals surface area contributed by atoms with Gasteiger partial charge in [-0.25, -0.2) is 8.42 Å². The molecule has 1 aromatic carbocycles. The van der Waals surface area contributed by atoms with Gasteiger partial charge in [-0.2, -0.15) is 4.31 Å². The molecule has 30 heavy (non-hydrogen) atoms. The van der Waals surface area contributed by atoms with Crippen molar-refractivity contribution in [1.82, 2.24) is 4.31 Å². The van der Waals surface area contributed by atoms with E-state index in [9.17, 15) is 18.3 Å². The highest BCUT2D eigenvalue weighted by molar-refractivity contribution is 7.88. The van der Waals surface area contributed by atoms with Gasteiger partial charge in [0, 0.05) is 19.5 Å². The summed E-state index contributed by atoms with van der Waals surface area (Å²) in [5.41, 5.74) is 1.79. The fourth-order valence-electron chi connectivity index (χ4n) is 3.31. The van der Waals surface area contributed by atoms with Gasteiger partial charge in [0.05, 0.1) is 19.0 Å². The number of hydrogen-bond donors (Lipinski definition) is 1. The van der Waals surface area contributed by atoms with Crippen LogP contribution in [0.2, 0.25) is 0 Å². The molecule has 0 fully saturated rings. The lowest BCUT2D eigenvalue weighted by molar-refractivity contribution is -0.143. The second-order valence-electron chi connectivity index (χ2n) is 7.82. The number of unbranched alkanes of at least 4 members (excludes halogenated alkanes) is 5. The predicted molar refractivity (Wildman–Crippen MR) is 121 cm³/mol. The molecule has 0 heterocycles. The van der Waals surface area contributed by atoms with Crippen LogP contribution in [0.3, 0.4) is 0 Å². The van der Waals surface area contributed by atoms with E-state index in [0.29, 0.717) is 26.1 Å². The van der Waals surface area contributed by atoms with Crippen LogP contribution in [0, 0.1) is 0 Å². The molecule has 0 spiro atoms. The fraction of sp³-hybridized carbons (Fsp3) is 0.696. The molecule has 0 amide bonds. The van der Waals surface area contributed by atoms with Crippen LogP contribution in [-0.2, 0) is 26.1 Å². The number of esters is 1. The standard InChI is InChI=1S/C23H39NO5S/c1-4-6-9-12-22(25)21-16-14-20(15-17-21)19-24(30(3,27)28)18-11-8-7-10-13-23(26)29-5-2/h14-17,22,25H,4-13,18-19H2,1-3H3. The average molecular weight is 442 g/mol. The number of ether oxygens (including phenoxy) is 1. The van der Waals surface area contributed by atoms with Crippen LogP contribution in [0.5, 0.6) is 0 Å². The molecule has 0 aliphatic rings. The van der Waals surface area contributed by atoms with Crippen molar-refractivity contribution in [3.05, 3.63) is 35.4 Å². The minimum atomic E-state index is -3.31. The molecule has 6 nitrogen and oxygen atoms in total. The summed E-state index contributed by atoms with van der Waals surface area (Å²) in [6.45, 7) is 5.12. The molecule has 1 unspecified atom stereocenters. The Balaban J connectivity index is 2.48. The van der Waals surface area contributed by atoms with Gasteiger partial charge in [0.2, 0.25) is 10.0 Å². The average Bonchev–Trinajstić information content (AvgIpc) is 2.69. The third-order valence-corrected chi connectivity index (χ3v) is 6.37. The van der Waals surface area contributed by atoms with E-state index in [1.807, 2.05) is 24.3 Å². The molecule has 7 heteroatoms. The number of aliphatic hydroxyl groups is 1. The van der Waals surface area contributed by atoms with E-state index in [2.05, 4.69) is 6.92 Å². The Morgan fingerprint density at radius 1 is 1.03 bits per heavy atom. The zero-order valence-electron chi connectivity index (χ0n) is 18.8. The van der Waals surface area contributed by atoms with Gasteiger partial charge < -0.3 is 9.84 Å². The largest absolute Gasteiger partial charge is 0.466 e. The molecule has 1 aromatic rings. The van der Waals surface area contributed by atoms with Crippen molar-refractivity contribution in [3.8, 4) is 0 Å². The highest BCUT2D eigenvalue weighted by Gasteiger charge is 2.17. The third kappa shape index (κ3) is 11.1. The Kier molecular flexibility index (Phi) is 12.9. The molecule has 0 aromatic heterocycles. The van der Waals surface area contributed by atoms with Gasteiger partial charge in [0.25, 0.3) is 0 Å². The third-order valence-electron chi connectivity index (χ3n) is 5.12. The molecule has 1 atom stereocenters. The summed E-state index contributed by atoms with van der Waals surface area (Å²) >= 11 is 0. The van der Waals surface area contributed by atoms with Crippen LogP contribution in [0.25, 0.3) is 0 Å². The second-order valence-corrected chi connectivity index (χ2v) is 9.80. The van der Waals surface area contributed by atoms with Gasteiger partial charge in [-0.1, -0.05) is 63.3 Å². The normalized spacial score (nSPS) is 12.8. The van der Waals surface area contributed by atoms with E-state index in [1.165, 1.54) is 10.6 Å². The Labute approximate surface area is 182 Å². The number of carbonyl (C=O) groups is 1. The summed E-state index contributed by atoms with van der Waals surface area (Å²) in [6.07, 6.45) is 8.43. The fourth-order valence-corrected chi connectivity index (χ4v) is 4.15. The molecule has 0 saturated heterocycles. The van der Waals surface area contributed by atoms with Crippen molar-refractivity contribution in [3.63, 3.8) is 0 Å². The van der Waals surface area contributed by atoms with Crippen LogP contribution < -0.4 is 0 Å². The number of hydrogen-bond acceptors (Lipinski definition) is 5. The predicted octanol–water partition coefficient (Wildman–Crippen LogP) is 4.58. The van der Waals surface area contributed by atoms with Crippen molar-refractivity contribution in [2.24, 2.45) is 0 Å². The molecule has 1 rings (SSSR count). The number of nitrogens with zero attached hydrogens (tertiary/aromatic N) is 1. The van der Waals surface area contributed by atoms with Gasteiger partial charge in [0.1, 0.15) is 0 Å². The van der Waals surface area contributed by atoms with E-state index in [-0.39, 0.29) is 5.97 Å². The quantitative estimate of drug-likeness (QED) is 0.300. The summed E-state index contributed by atoms with van der Waals surface area (Å²) < 4.78 is 30.7. The highest BCUT2D eigenvalue weighted by atomic mass is 32.2.